The SMILES string of the molecule is CCNC(=NCC(=O)Nc1ccc(F)c(F)c1F)N(C)Cc1ccc(C)cc1.I. The van der Waals surface area contributed by atoms with Crippen LogP contribution < -0.4 is 10.6 Å². The van der Waals surface area contributed by atoms with Gasteiger partial charge in [0, 0.05) is 20.1 Å². The third-order valence-corrected chi connectivity index (χ3v) is 3.92. The number of aliphatic imine (C=N–C) groups is 1. The van der Waals surface area contributed by atoms with E-state index in [-0.39, 0.29) is 30.5 Å². The Morgan fingerprint density at radius 3 is 2.34 bits per heavy atom. The number of aryl methyl sites for hydroxylation is 1. The molecule has 0 fully saturated rings. The largest absolute Gasteiger partial charge is 0.357 e. The standard InChI is InChI=1S/C20H23F3N4O.HI/c1-4-24-20(27(3)12-14-7-5-13(2)6-8-14)25-11-17(28)26-16-10-9-15(21)18(22)19(16)23;/h5-10H,4,11-12H2,1-3H3,(H,24,25)(H,26,28);1H. The van der Waals surface area contributed by atoms with Crippen molar-refractivity contribution in [2.45, 2.75) is 20.4 Å². The smallest absolute Gasteiger partial charge is 0.246 e. The molecule has 0 saturated heterocycles. The molecule has 2 aromatic carbocycles. The number of amides is 1. The molecule has 0 atom stereocenters. The minimum atomic E-state index is -1.63. The zero-order chi connectivity index (χ0) is 20.7. The number of nitrogens with one attached hydrogen (secondary N) is 2. The zero-order valence-electron chi connectivity index (χ0n) is 16.4. The van der Waals surface area contributed by atoms with Crippen molar-refractivity contribution in [2.75, 3.05) is 25.5 Å². The van der Waals surface area contributed by atoms with Crippen LogP contribution in [0.25, 0.3) is 0 Å². The van der Waals surface area contributed by atoms with Gasteiger partial charge in [0.25, 0.3) is 0 Å². The van der Waals surface area contributed by atoms with E-state index in [1.807, 2.05) is 50.1 Å². The fraction of sp³-hybridized carbons (Fsp3) is 0.300. The minimum Gasteiger partial charge on any atom is -0.357 e. The van der Waals surface area contributed by atoms with E-state index in [0.29, 0.717) is 19.0 Å². The molecule has 5 nitrogen and oxygen atoms in total. The van der Waals surface area contributed by atoms with E-state index in [4.69, 9.17) is 0 Å². The molecule has 0 saturated carbocycles. The van der Waals surface area contributed by atoms with Crippen LogP contribution in [0.1, 0.15) is 18.1 Å². The topological polar surface area (TPSA) is 56.7 Å². The molecule has 0 heterocycles. The zero-order valence-corrected chi connectivity index (χ0v) is 18.8. The van der Waals surface area contributed by atoms with Gasteiger partial charge in [-0.2, -0.15) is 0 Å². The molecule has 2 aromatic rings. The van der Waals surface area contributed by atoms with Crippen molar-refractivity contribution < 1.29 is 18.0 Å². The first-order valence-corrected chi connectivity index (χ1v) is 8.80. The molecule has 158 valence electrons. The average Bonchev–Trinajstić information content (AvgIpc) is 2.67. The van der Waals surface area contributed by atoms with Crippen molar-refractivity contribution in [3.63, 3.8) is 0 Å². The molecule has 0 aliphatic rings. The molecule has 29 heavy (non-hydrogen) atoms. The van der Waals surface area contributed by atoms with E-state index in [0.717, 1.165) is 23.3 Å². The molecule has 0 spiro atoms. The second-order valence-corrected chi connectivity index (χ2v) is 6.28. The summed E-state index contributed by atoms with van der Waals surface area (Å²) in [5.74, 6) is -4.55. The molecule has 0 radical (unpaired) electrons. The summed E-state index contributed by atoms with van der Waals surface area (Å²) in [7, 11) is 1.83. The second-order valence-electron chi connectivity index (χ2n) is 6.28. The van der Waals surface area contributed by atoms with Gasteiger partial charge in [-0.15, -0.1) is 24.0 Å². The Balaban J connectivity index is 0.00000420. The van der Waals surface area contributed by atoms with Crippen LogP contribution in [0.4, 0.5) is 18.9 Å². The number of hydrogen-bond donors (Lipinski definition) is 2. The summed E-state index contributed by atoms with van der Waals surface area (Å²) in [6.45, 7) is 4.76. The van der Waals surface area contributed by atoms with Crippen molar-refractivity contribution in [1.29, 1.82) is 0 Å². The van der Waals surface area contributed by atoms with Gasteiger partial charge in [0.05, 0.1) is 5.69 Å². The lowest BCUT2D eigenvalue weighted by atomic mass is 10.1. The van der Waals surface area contributed by atoms with Crippen LogP contribution in [0, 0.1) is 24.4 Å². The van der Waals surface area contributed by atoms with Crippen molar-refractivity contribution in [3.8, 4) is 0 Å². The normalized spacial score (nSPS) is 10.9. The molecule has 0 aliphatic heterocycles. The highest BCUT2D eigenvalue weighted by Crippen LogP contribution is 2.19. The van der Waals surface area contributed by atoms with Crippen LogP contribution in [-0.4, -0.2) is 36.9 Å². The molecule has 0 unspecified atom stereocenters. The summed E-state index contributed by atoms with van der Waals surface area (Å²) in [4.78, 5) is 18.1. The van der Waals surface area contributed by atoms with Crippen molar-refractivity contribution in [1.82, 2.24) is 10.2 Å². The Hall–Kier alpha value is -2.30. The van der Waals surface area contributed by atoms with Crippen LogP contribution in [0.5, 0.6) is 0 Å². The number of anilines is 1. The van der Waals surface area contributed by atoms with Crippen molar-refractivity contribution in [2.24, 2.45) is 4.99 Å². The maximum Gasteiger partial charge on any atom is 0.246 e. The van der Waals surface area contributed by atoms with Crippen LogP contribution in [0.2, 0.25) is 0 Å². The van der Waals surface area contributed by atoms with Crippen molar-refractivity contribution in [3.05, 3.63) is 65.0 Å². The Morgan fingerprint density at radius 2 is 1.72 bits per heavy atom. The third-order valence-electron chi connectivity index (χ3n) is 3.92. The van der Waals surface area contributed by atoms with E-state index in [1.54, 1.807) is 0 Å². The first-order valence-electron chi connectivity index (χ1n) is 8.80. The summed E-state index contributed by atoms with van der Waals surface area (Å²) in [6.07, 6.45) is 0. The fourth-order valence-electron chi connectivity index (χ4n) is 2.47. The molecule has 0 aromatic heterocycles. The van der Waals surface area contributed by atoms with Crippen LogP contribution in [0.15, 0.2) is 41.4 Å². The number of guanidine groups is 1. The quantitative estimate of drug-likeness (QED) is 0.262. The van der Waals surface area contributed by atoms with Gasteiger partial charge in [-0.25, -0.2) is 18.2 Å². The predicted octanol–water partition coefficient (Wildman–Crippen LogP) is 4.07. The Bertz CT molecular complexity index is 860. The maximum absolute atomic E-state index is 13.7. The molecule has 0 aliphatic carbocycles. The number of nitrogens with zero attached hydrogens (tertiary/aromatic N) is 2. The lowest BCUT2D eigenvalue weighted by Crippen LogP contribution is -2.39. The monoisotopic (exact) mass is 520 g/mol. The van der Waals surface area contributed by atoms with E-state index in [2.05, 4.69) is 15.6 Å². The average molecular weight is 520 g/mol. The van der Waals surface area contributed by atoms with E-state index in [1.165, 1.54) is 0 Å². The van der Waals surface area contributed by atoms with Gasteiger partial charge in [0.1, 0.15) is 6.54 Å². The van der Waals surface area contributed by atoms with Crippen LogP contribution >= 0.6 is 24.0 Å². The number of rotatable bonds is 6. The van der Waals surface area contributed by atoms with Gasteiger partial charge in [-0.1, -0.05) is 29.8 Å². The highest BCUT2D eigenvalue weighted by atomic mass is 127. The molecular formula is C20H24F3IN4O. The predicted molar refractivity (Wildman–Crippen MR) is 119 cm³/mol. The first-order chi connectivity index (χ1) is 13.3. The summed E-state index contributed by atoms with van der Waals surface area (Å²) in [5.41, 5.74) is 1.80. The van der Waals surface area contributed by atoms with Crippen molar-refractivity contribution >= 4 is 41.5 Å². The van der Waals surface area contributed by atoms with Gasteiger partial charge in [0.2, 0.25) is 5.91 Å². The summed E-state index contributed by atoms with van der Waals surface area (Å²) < 4.78 is 39.9. The molecular weight excluding hydrogens is 496 g/mol. The van der Waals surface area contributed by atoms with E-state index >= 15 is 0 Å². The minimum absolute atomic E-state index is 0. The highest BCUT2D eigenvalue weighted by molar-refractivity contribution is 14.0. The second kappa shape index (κ2) is 11.6. The van der Waals surface area contributed by atoms with Gasteiger partial charge in [-0.3, -0.25) is 4.79 Å². The van der Waals surface area contributed by atoms with Gasteiger partial charge >= 0.3 is 0 Å². The number of halogens is 4. The number of hydrogen-bond acceptors (Lipinski definition) is 2. The molecule has 9 heteroatoms. The summed E-state index contributed by atoms with van der Waals surface area (Å²) in [5, 5.41) is 5.27. The summed E-state index contributed by atoms with van der Waals surface area (Å²) >= 11 is 0. The Labute approximate surface area is 185 Å². The van der Waals surface area contributed by atoms with Gasteiger partial charge < -0.3 is 15.5 Å². The number of benzene rings is 2. The summed E-state index contributed by atoms with van der Waals surface area (Å²) in [6, 6.07) is 9.75. The lowest BCUT2D eigenvalue weighted by molar-refractivity contribution is -0.114. The lowest BCUT2D eigenvalue weighted by Gasteiger charge is -2.22. The highest BCUT2D eigenvalue weighted by Gasteiger charge is 2.15. The molecule has 1 amide bonds. The fourth-order valence-corrected chi connectivity index (χ4v) is 2.47. The van der Waals surface area contributed by atoms with E-state index in [9.17, 15) is 18.0 Å². The van der Waals surface area contributed by atoms with E-state index < -0.39 is 29.0 Å². The Morgan fingerprint density at radius 1 is 1.07 bits per heavy atom. The number of carbonyl (C=O) groups is 1. The maximum atomic E-state index is 13.7. The third kappa shape index (κ3) is 7.22. The Kier molecular flexibility index (Phi) is 9.93. The molecule has 2 N–H and O–H groups in total. The van der Waals surface area contributed by atoms with Crippen LogP contribution in [0.3, 0.4) is 0 Å². The molecule has 0 bridgehead atoms. The van der Waals surface area contributed by atoms with Gasteiger partial charge in [-0.05, 0) is 31.5 Å². The van der Waals surface area contributed by atoms with Gasteiger partial charge in [0.15, 0.2) is 23.4 Å². The van der Waals surface area contributed by atoms with Crippen LogP contribution in [-0.2, 0) is 11.3 Å². The number of carbonyl (C=O) groups excluding carboxylic acids is 1. The first kappa shape index (κ1) is 24.7. The molecule has 2 rings (SSSR count).